The van der Waals surface area contributed by atoms with Crippen molar-refractivity contribution in [3.8, 4) is 0 Å². The van der Waals surface area contributed by atoms with Crippen LogP contribution in [-0.4, -0.2) is 6.10 Å². The van der Waals surface area contributed by atoms with Gasteiger partial charge in [-0.05, 0) is 25.5 Å². The molecule has 15 heavy (non-hydrogen) atoms. The summed E-state index contributed by atoms with van der Waals surface area (Å²) in [4.78, 5) is 0. The van der Waals surface area contributed by atoms with E-state index in [1.165, 1.54) is 0 Å². The molecule has 0 saturated carbocycles. The fourth-order valence-corrected chi connectivity index (χ4v) is 1.94. The first-order valence-electron chi connectivity index (χ1n) is 5.29. The standard InChI is InChI=1S/C12H18BrNO/c1-3-5-9(2)15-8-10-11(13)6-4-7-12(10)14/h4,6-7,9H,3,5,8,14H2,1-2H3. The van der Waals surface area contributed by atoms with Crippen molar-refractivity contribution in [3.63, 3.8) is 0 Å². The largest absolute Gasteiger partial charge is 0.398 e. The van der Waals surface area contributed by atoms with Gasteiger partial charge in [0.2, 0.25) is 0 Å². The predicted molar refractivity (Wildman–Crippen MR) is 67.7 cm³/mol. The maximum Gasteiger partial charge on any atom is 0.0751 e. The van der Waals surface area contributed by atoms with Crippen LogP contribution in [0.2, 0.25) is 0 Å². The molecule has 3 heteroatoms. The third-order valence-corrected chi connectivity index (χ3v) is 3.11. The molecule has 0 aromatic heterocycles. The summed E-state index contributed by atoms with van der Waals surface area (Å²) in [6.07, 6.45) is 2.53. The Morgan fingerprint density at radius 3 is 2.80 bits per heavy atom. The Labute approximate surface area is 99.9 Å². The minimum atomic E-state index is 0.293. The maximum atomic E-state index is 5.87. The monoisotopic (exact) mass is 271 g/mol. The van der Waals surface area contributed by atoms with E-state index in [-0.39, 0.29) is 0 Å². The van der Waals surface area contributed by atoms with Crippen LogP contribution in [0.25, 0.3) is 0 Å². The van der Waals surface area contributed by atoms with Crippen LogP contribution in [0.5, 0.6) is 0 Å². The fourth-order valence-electron chi connectivity index (χ4n) is 1.44. The Bertz CT molecular complexity index is 294. The van der Waals surface area contributed by atoms with Crippen LogP contribution in [0.4, 0.5) is 5.69 Å². The molecule has 1 unspecified atom stereocenters. The molecular formula is C12H18BrNO. The van der Waals surface area contributed by atoms with Crippen molar-refractivity contribution in [1.82, 2.24) is 0 Å². The Morgan fingerprint density at radius 1 is 1.47 bits per heavy atom. The lowest BCUT2D eigenvalue weighted by Gasteiger charge is -2.14. The first-order valence-corrected chi connectivity index (χ1v) is 6.09. The van der Waals surface area contributed by atoms with Crippen molar-refractivity contribution in [2.75, 3.05) is 5.73 Å². The summed E-state index contributed by atoms with van der Waals surface area (Å²) < 4.78 is 6.74. The third-order valence-electron chi connectivity index (χ3n) is 2.36. The number of nitrogens with two attached hydrogens (primary N) is 1. The average molecular weight is 272 g/mol. The van der Waals surface area contributed by atoms with E-state index in [0.717, 1.165) is 28.6 Å². The van der Waals surface area contributed by atoms with Crippen LogP contribution < -0.4 is 5.73 Å². The Kier molecular flexibility index (Phi) is 5.12. The van der Waals surface area contributed by atoms with Gasteiger partial charge in [-0.25, -0.2) is 0 Å². The molecule has 0 fully saturated rings. The van der Waals surface area contributed by atoms with E-state index in [1.807, 2.05) is 18.2 Å². The molecule has 0 amide bonds. The number of benzene rings is 1. The summed E-state index contributed by atoms with van der Waals surface area (Å²) in [5, 5.41) is 0. The van der Waals surface area contributed by atoms with Gasteiger partial charge in [-0.2, -0.15) is 0 Å². The van der Waals surface area contributed by atoms with Crippen molar-refractivity contribution in [1.29, 1.82) is 0 Å². The van der Waals surface area contributed by atoms with Gasteiger partial charge in [0.15, 0.2) is 0 Å². The minimum absolute atomic E-state index is 0.293. The van der Waals surface area contributed by atoms with Gasteiger partial charge in [0, 0.05) is 15.7 Å². The van der Waals surface area contributed by atoms with Gasteiger partial charge in [-0.15, -0.1) is 0 Å². The molecule has 0 aliphatic heterocycles. The molecule has 1 aromatic carbocycles. The molecule has 0 saturated heterocycles. The van der Waals surface area contributed by atoms with Crippen molar-refractivity contribution in [3.05, 3.63) is 28.2 Å². The van der Waals surface area contributed by atoms with Crippen LogP contribution >= 0.6 is 15.9 Å². The second-order valence-corrected chi connectivity index (χ2v) is 4.57. The van der Waals surface area contributed by atoms with Crippen LogP contribution in [0, 0.1) is 0 Å². The molecule has 2 N–H and O–H groups in total. The average Bonchev–Trinajstić information content (AvgIpc) is 2.17. The first-order chi connectivity index (χ1) is 7.15. The zero-order valence-electron chi connectivity index (χ0n) is 9.29. The van der Waals surface area contributed by atoms with Crippen LogP contribution in [0.15, 0.2) is 22.7 Å². The van der Waals surface area contributed by atoms with Gasteiger partial charge in [0.25, 0.3) is 0 Å². The SMILES string of the molecule is CCCC(C)OCc1c(N)cccc1Br. The van der Waals surface area contributed by atoms with E-state index < -0.39 is 0 Å². The number of rotatable bonds is 5. The summed E-state index contributed by atoms with van der Waals surface area (Å²) in [6, 6.07) is 5.81. The van der Waals surface area contributed by atoms with E-state index in [4.69, 9.17) is 10.5 Å². The Balaban J connectivity index is 2.57. The number of hydrogen-bond donors (Lipinski definition) is 1. The first kappa shape index (κ1) is 12.5. The molecular weight excluding hydrogens is 254 g/mol. The lowest BCUT2D eigenvalue weighted by molar-refractivity contribution is 0.0472. The molecule has 1 atom stereocenters. The summed E-state index contributed by atoms with van der Waals surface area (Å²) in [6.45, 7) is 4.83. The molecule has 1 aromatic rings. The number of anilines is 1. The predicted octanol–water partition coefficient (Wildman–Crippen LogP) is 3.74. The van der Waals surface area contributed by atoms with Crippen LogP contribution in [0.3, 0.4) is 0 Å². The quantitative estimate of drug-likeness (QED) is 0.829. The second kappa shape index (κ2) is 6.13. The highest BCUT2D eigenvalue weighted by Gasteiger charge is 2.06. The Hall–Kier alpha value is -0.540. The van der Waals surface area contributed by atoms with Crippen molar-refractivity contribution < 1.29 is 4.74 Å². The zero-order chi connectivity index (χ0) is 11.3. The van der Waals surface area contributed by atoms with E-state index in [9.17, 15) is 0 Å². The zero-order valence-corrected chi connectivity index (χ0v) is 10.9. The molecule has 2 nitrogen and oxygen atoms in total. The highest BCUT2D eigenvalue weighted by atomic mass is 79.9. The molecule has 1 rings (SSSR count). The number of nitrogen functional groups attached to an aromatic ring is 1. The van der Waals surface area contributed by atoms with Gasteiger partial charge in [0.1, 0.15) is 0 Å². The van der Waals surface area contributed by atoms with E-state index in [1.54, 1.807) is 0 Å². The lowest BCUT2D eigenvalue weighted by atomic mass is 10.2. The molecule has 0 heterocycles. The minimum Gasteiger partial charge on any atom is -0.398 e. The molecule has 0 spiro atoms. The number of halogens is 1. The number of ether oxygens (including phenoxy) is 1. The summed E-state index contributed by atoms with van der Waals surface area (Å²) >= 11 is 3.48. The molecule has 0 aliphatic rings. The molecule has 84 valence electrons. The maximum absolute atomic E-state index is 5.87. The summed E-state index contributed by atoms with van der Waals surface area (Å²) in [5.74, 6) is 0. The van der Waals surface area contributed by atoms with Gasteiger partial charge in [0.05, 0.1) is 12.7 Å². The van der Waals surface area contributed by atoms with E-state index in [0.29, 0.717) is 12.7 Å². The van der Waals surface area contributed by atoms with Gasteiger partial charge in [-0.3, -0.25) is 0 Å². The fraction of sp³-hybridized carbons (Fsp3) is 0.500. The topological polar surface area (TPSA) is 35.2 Å². The van der Waals surface area contributed by atoms with Crippen molar-refractivity contribution >= 4 is 21.6 Å². The van der Waals surface area contributed by atoms with Crippen molar-refractivity contribution in [2.24, 2.45) is 0 Å². The molecule has 0 bridgehead atoms. The number of hydrogen-bond acceptors (Lipinski definition) is 2. The second-order valence-electron chi connectivity index (χ2n) is 3.72. The molecule has 0 radical (unpaired) electrons. The van der Waals surface area contributed by atoms with Gasteiger partial charge >= 0.3 is 0 Å². The van der Waals surface area contributed by atoms with Gasteiger partial charge < -0.3 is 10.5 Å². The molecule has 0 aliphatic carbocycles. The van der Waals surface area contributed by atoms with Crippen LogP contribution in [0.1, 0.15) is 32.3 Å². The summed E-state index contributed by atoms with van der Waals surface area (Å²) in [5.41, 5.74) is 7.70. The normalized spacial score (nSPS) is 12.7. The Morgan fingerprint density at radius 2 is 2.20 bits per heavy atom. The van der Waals surface area contributed by atoms with E-state index in [2.05, 4.69) is 29.8 Å². The third kappa shape index (κ3) is 3.84. The lowest BCUT2D eigenvalue weighted by Crippen LogP contribution is -2.08. The highest BCUT2D eigenvalue weighted by Crippen LogP contribution is 2.23. The van der Waals surface area contributed by atoms with Crippen molar-refractivity contribution in [2.45, 2.75) is 39.4 Å². The highest BCUT2D eigenvalue weighted by molar-refractivity contribution is 9.10. The van der Waals surface area contributed by atoms with E-state index >= 15 is 0 Å². The smallest absolute Gasteiger partial charge is 0.0751 e. The summed E-state index contributed by atoms with van der Waals surface area (Å²) in [7, 11) is 0. The van der Waals surface area contributed by atoms with Crippen LogP contribution in [-0.2, 0) is 11.3 Å². The van der Waals surface area contributed by atoms with Gasteiger partial charge in [-0.1, -0.05) is 35.3 Å².